The first-order valence-electron chi connectivity index (χ1n) is 12.2. The number of nitrogens with two attached hydrogens (primary N) is 1. The van der Waals surface area contributed by atoms with Crippen LogP contribution in [0.4, 0.5) is 5.69 Å². The van der Waals surface area contributed by atoms with Crippen molar-refractivity contribution in [2.45, 2.75) is 30.6 Å². The number of rotatable bonds is 5. The molecule has 4 rings (SSSR count). The quantitative estimate of drug-likeness (QED) is 0.179. The number of hydrogen-bond acceptors (Lipinski definition) is 11. The number of carbonyl (C=O) groups is 4. The number of amides is 2. The summed E-state index contributed by atoms with van der Waals surface area (Å²) < 4.78 is 0. The number of Topliss-reactive ketones (excluding diaryl/α,β-unsaturated/α-hetero) is 2. The molecule has 3 aliphatic rings. The van der Waals surface area contributed by atoms with Gasteiger partial charge in [-0.3, -0.25) is 24.1 Å². The van der Waals surface area contributed by atoms with Gasteiger partial charge in [-0.15, -0.1) is 0 Å². The molecule has 0 radical (unpaired) electrons. The number of fused-ring (bicyclic) bond motifs is 3. The Hall–Kier alpha value is -3.78. The van der Waals surface area contributed by atoms with Gasteiger partial charge in [0, 0.05) is 17.2 Å². The molecule has 13 heteroatoms. The summed E-state index contributed by atoms with van der Waals surface area (Å²) in [6.45, 7) is 1.61. The van der Waals surface area contributed by atoms with Crippen LogP contribution in [0.3, 0.4) is 0 Å². The van der Waals surface area contributed by atoms with E-state index in [0.717, 1.165) is 0 Å². The number of anilines is 1. The zero-order valence-electron chi connectivity index (χ0n) is 22.1. The Balaban J connectivity index is 1.98. The van der Waals surface area contributed by atoms with Gasteiger partial charge in [-0.25, -0.2) is 0 Å². The van der Waals surface area contributed by atoms with E-state index in [2.05, 4.69) is 5.32 Å². The molecular weight excluding hydrogens is 512 g/mol. The number of primary amides is 1. The number of nitrogens with one attached hydrogen (secondary N) is 1. The summed E-state index contributed by atoms with van der Waals surface area (Å²) in [5.74, 6) is -10.3. The average Bonchev–Trinajstić information content (AvgIpc) is 2.81. The normalized spacial score (nSPS) is 30.3. The molecule has 1 aromatic carbocycles. The van der Waals surface area contributed by atoms with E-state index in [1.54, 1.807) is 25.9 Å². The molecule has 1 aromatic rings. The Morgan fingerprint density at radius 2 is 1.72 bits per heavy atom. The number of phenols is 1. The van der Waals surface area contributed by atoms with Gasteiger partial charge in [0.2, 0.25) is 11.7 Å². The molecule has 13 nitrogen and oxygen atoms in total. The van der Waals surface area contributed by atoms with Gasteiger partial charge >= 0.3 is 0 Å². The molecule has 39 heavy (non-hydrogen) atoms. The van der Waals surface area contributed by atoms with Gasteiger partial charge in [0.15, 0.2) is 11.4 Å². The Bertz CT molecular complexity index is 1370. The molecule has 0 saturated heterocycles. The van der Waals surface area contributed by atoms with Gasteiger partial charge in [-0.2, -0.15) is 0 Å². The fraction of sp³-hybridized carbons (Fsp3) is 0.462. The lowest BCUT2D eigenvalue weighted by molar-refractivity contribution is -0.162. The van der Waals surface area contributed by atoms with Gasteiger partial charge < -0.3 is 41.5 Å². The highest BCUT2D eigenvalue weighted by Gasteiger charge is 2.67. The summed E-state index contributed by atoms with van der Waals surface area (Å²) in [6, 6.07) is 1.23. The second kappa shape index (κ2) is 9.45. The van der Waals surface area contributed by atoms with Crippen molar-refractivity contribution in [3.63, 3.8) is 0 Å². The van der Waals surface area contributed by atoms with Gasteiger partial charge in [0.1, 0.15) is 22.8 Å². The average molecular weight is 545 g/mol. The molecule has 0 aliphatic heterocycles. The van der Waals surface area contributed by atoms with Crippen LogP contribution in [-0.4, -0.2) is 111 Å². The number of aliphatic hydroxyl groups excluding tert-OH is 3. The summed E-state index contributed by atoms with van der Waals surface area (Å²) in [7, 11) is 6.30. The third kappa shape index (κ3) is 3.92. The summed E-state index contributed by atoms with van der Waals surface area (Å²) in [5, 5.41) is 59.0. The molecule has 3 aliphatic carbocycles. The van der Waals surface area contributed by atoms with E-state index in [4.69, 9.17) is 5.73 Å². The van der Waals surface area contributed by atoms with E-state index >= 15 is 0 Å². The number of hydrogen-bond donors (Lipinski definition) is 7. The molecule has 210 valence electrons. The largest absolute Gasteiger partial charge is 0.510 e. The van der Waals surface area contributed by atoms with Crippen LogP contribution in [0.1, 0.15) is 28.8 Å². The van der Waals surface area contributed by atoms with Crippen LogP contribution in [0.25, 0.3) is 0 Å². The van der Waals surface area contributed by atoms with E-state index in [-0.39, 0.29) is 23.4 Å². The number of benzene rings is 1. The second-order valence-electron chi connectivity index (χ2n) is 10.8. The number of phenolic OH excluding ortho intramolecular Hbond substituents is 1. The fourth-order valence-corrected chi connectivity index (χ4v) is 6.29. The Morgan fingerprint density at radius 1 is 1.10 bits per heavy atom. The standard InChI is InChI=1S/C26H32N4O9/c1-9-13-10(28-12(32)8-29(2)3)6-7-11(31)15(13)20(33)16-14(9)21(34)18-19(30(4)5)22(35)17(25(27)38)24(37)26(18,39)23(16)36/h6-7,9,14,18-19,21,31,34-36,39H,8H2,1-5H3,(H2,27,38)(H,28,32)/t9-,14+,18+,19-,21-,26-/m0/s1. The highest BCUT2D eigenvalue weighted by Crippen LogP contribution is 2.56. The molecule has 0 bridgehead atoms. The van der Waals surface area contributed by atoms with E-state index in [9.17, 15) is 44.7 Å². The highest BCUT2D eigenvalue weighted by atomic mass is 16.4. The molecule has 2 amide bonds. The van der Waals surface area contributed by atoms with Crippen LogP contribution in [0.15, 0.2) is 34.8 Å². The minimum absolute atomic E-state index is 0.0194. The molecule has 0 heterocycles. The zero-order chi connectivity index (χ0) is 29.3. The topological polar surface area (TPSA) is 214 Å². The van der Waals surface area contributed by atoms with Crippen LogP contribution in [0.5, 0.6) is 5.75 Å². The van der Waals surface area contributed by atoms with E-state index in [1.165, 1.54) is 31.1 Å². The smallest absolute Gasteiger partial charge is 0.255 e. The molecule has 0 saturated carbocycles. The van der Waals surface area contributed by atoms with E-state index in [0.29, 0.717) is 0 Å². The maximum Gasteiger partial charge on any atom is 0.255 e. The lowest BCUT2D eigenvalue weighted by Gasteiger charge is -2.53. The number of aliphatic hydroxyl groups is 4. The number of aromatic hydroxyl groups is 1. The Kier molecular flexibility index (Phi) is 6.84. The minimum atomic E-state index is -2.99. The lowest BCUT2D eigenvalue weighted by Crippen LogP contribution is -2.68. The molecule has 8 N–H and O–H groups in total. The van der Waals surface area contributed by atoms with Gasteiger partial charge in [-0.1, -0.05) is 6.92 Å². The molecule has 0 fully saturated rings. The highest BCUT2D eigenvalue weighted by molar-refractivity contribution is 6.25. The number of carbonyl (C=O) groups excluding carboxylic acids is 4. The summed E-state index contributed by atoms with van der Waals surface area (Å²) in [5.41, 5.74) is 0.955. The maximum atomic E-state index is 13.8. The Morgan fingerprint density at radius 3 is 2.26 bits per heavy atom. The third-order valence-electron chi connectivity index (χ3n) is 7.84. The zero-order valence-corrected chi connectivity index (χ0v) is 22.1. The molecule has 6 atom stereocenters. The molecular formula is C26H32N4O9. The maximum absolute atomic E-state index is 13.8. The number of nitrogens with zero attached hydrogens (tertiary/aromatic N) is 2. The van der Waals surface area contributed by atoms with Crippen LogP contribution in [-0.2, 0) is 14.4 Å². The molecule has 0 spiro atoms. The van der Waals surface area contributed by atoms with Crippen LogP contribution in [0, 0.1) is 11.8 Å². The van der Waals surface area contributed by atoms with Gasteiger partial charge in [0.05, 0.1) is 30.2 Å². The van der Waals surface area contributed by atoms with Crippen LogP contribution in [0.2, 0.25) is 0 Å². The van der Waals surface area contributed by atoms with Gasteiger partial charge in [-0.05, 0) is 51.8 Å². The Labute approximate surface area is 223 Å². The predicted molar refractivity (Wildman–Crippen MR) is 137 cm³/mol. The molecule has 0 aromatic heterocycles. The third-order valence-corrected chi connectivity index (χ3v) is 7.84. The first-order chi connectivity index (χ1) is 18.1. The minimum Gasteiger partial charge on any atom is -0.510 e. The van der Waals surface area contributed by atoms with Crippen molar-refractivity contribution in [1.29, 1.82) is 0 Å². The van der Waals surface area contributed by atoms with Crippen molar-refractivity contribution in [1.82, 2.24) is 9.80 Å². The van der Waals surface area contributed by atoms with Crippen molar-refractivity contribution < 1.29 is 44.7 Å². The van der Waals surface area contributed by atoms with Crippen molar-refractivity contribution in [2.24, 2.45) is 17.6 Å². The fourth-order valence-electron chi connectivity index (χ4n) is 6.29. The number of ketones is 2. The van der Waals surface area contributed by atoms with Gasteiger partial charge in [0.25, 0.3) is 5.91 Å². The van der Waals surface area contributed by atoms with Crippen molar-refractivity contribution in [2.75, 3.05) is 40.1 Å². The first-order valence-corrected chi connectivity index (χ1v) is 12.2. The van der Waals surface area contributed by atoms with Crippen LogP contribution >= 0.6 is 0 Å². The van der Waals surface area contributed by atoms with Crippen molar-refractivity contribution in [3.05, 3.63) is 45.9 Å². The SMILES string of the molecule is C[C@H]1c2c(NC(=O)CN(C)C)ccc(O)c2C(=O)C2=C(O)[C@]3(O)C(=O)C(C(N)=O)=C(O)[C@@H](N(C)C)[C@@H]3[C@@H](O)[C@@H]21. The van der Waals surface area contributed by atoms with Crippen molar-refractivity contribution in [3.8, 4) is 5.75 Å². The monoisotopic (exact) mass is 544 g/mol. The number of likely N-dealkylation sites (N-methyl/N-ethyl adjacent to an activating group) is 2. The van der Waals surface area contributed by atoms with E-state index < -0.39 is 87.3 Å². The van der Waals surface area contributed by atoms with Crippen LogP contribution < -0.4 is 11.1 Å². The first kappa shape index (κ1) is 28.2. The summed E-state index contributed by atoms with van der Waals surface area (Å²) in [6.07, 6.45) is -1.73. The predicted octanol–water partition coefficient (Wildman–Crippen LogP) is -0.847. The summed E-state index contributed by atoms with van der Waals surface area (Å²) in [4.78, 5) is 54.8. The summed E-state index contributed by atoms with van der Waals surface area (Å²) >= 11 is 0. The van der Waals surface area contributed by atoms with E-state index in [1.807, 2.05) is 0 Å². The molecule has 0 unspecified atom stereocenters. The van der Waals surface area contributed by atoms with Crippen molar-refractivity contribution >= 4 is 29.1 Å². The second-order valence-corrected chi connectivity index (χ2v) is 10.8. The lowest BCUT2D eigenvalue weighted by atomic mass is 9.55.